The van der Waals surface area contributed by atoms with Gasteiger partial charge in [-0.2, -0.15) is 9.71 Å². The van der Waals surface area contributed by atoms with E-state index in [1.165, 1.54) is 0 Å². The van der Waals surface area contributed by atoms with E-state index in [0.717, 1.165) is 16.7 Å². The minimum Gasteiger partial charge on any atom is -0.337 e. The molecule has 0 saturated heterocycles. The molecule has 25 heavy (non-hydrogen) atoms. The summed E-state index contributed by atoms with van der Waals surface area (Å²) in [6.07, 6.45) is 0. The molecule has 0 radical (unpaired) electrons. The molecule has 1 N–H and O–H groups in total. The molecule has 0 aliphatic rings. The Morgan fingerprint density at radius 1 is 1.04 bits per heavy atom. The first kappa shape index (κ1) is 17.3. The summed E-state index contributed by atoms with van der Waals surface area (Å²) in [5, 5.41) is 3.94. The molecule has 1 unspecified atom stereocenters. The molecule has 0 fully saturated rings. The van der Waals surface area contributed by atoms with Crippen LogP contribution in [-0.2, 0) is 10.0 Å². The highest BCUT2D eigenvalue weighted by Crippen LogP contribution is 2.21. The van der Waals surface area contributed by atoms with Crippen molar-refractivity contribution in [3.63, 3.8) is 0 Å². The van der Waals surface area contributed by atoms with Gasteiger partial charge in [-0.1, -0.05) is 46.6 Å². The lowest BCUT2D eigenvalue weighted by atomic mass is 10.1. The Kier molecular flexibility index (Phi) is 4.69. The van der Waals surface area contributed by atoms with E-state index in [1.54, 1.807) is 31.2 Å². The summed E-state index contributed by atoms with van der Waals surface area (Å²) in [5.41, 5.74) is 2.90. The van der Waals surface area contributed by atoms with Gasteiger partial charge in [0, 0.05) is 5.56 Å². The zero-order valence-corrected chi connectivity index (χ0v) is 15.0. The van der Waals surface area contributed by atoms with Crippen LogP contribution in [0.15, 0.2) is 57.9 Å². The van der Waals surface area contributed by atoms with Gasteiger partial charge in [0.05, 0.1) is 10.9 Å². The van der Waals surface area contributed by atoms with E-state index in [1.807, 2.05) is 38.1 Å². The molecule has 2 aromatic carbocycles. The molecule has 1 atom stereocenters. The number of benzene rings is 2. The van der Waals surface area contributed by atoms with Crippen LogP contribution in [0.5, 0.6) is 0 Å². The van der Waals surface area contributed by atoms with E-state index < -0.39 is 16.1 Å². The monoisotopic (exact) mass is 357 g/mol. The van der Waals surface area contributed by atoms with Gasteiger partial charge in [0.15, 0.2) is 0 Å². The van der Waals surface area contributed by atoms with Gasteiger partial charge in [-0.05, 0) is 39.0 Å². The van der Waals surface area contributed by atoms with Crippen molar-refractivity contribution in [2.75, 3.05) is 0 Å². The summed E-state index contributed by atoms with van der Waals surface area (Å²) in [7, 11) is -3.66. The summed E-state index contributed by atoms with van der Waals surface area (Å²) in [5.74, 6) is 0.646. The summed E-state index contributed by atoms with van der Waals surface area (Å²) in [6, 6.07) is 13.7. The van der Waals surface area contributed by atoms with Crippen molar-refractivity contribution < 1.29 is 12.9 Å². The van der Waals surface area contributed by atoms with Crippen LogP contribution in [0, 0.1) is 13.8 Å². The van der Waals surface area contributed by atoms with Gasteiger partial charge in [0.2, 0.25) is 21.7 Å². The molecule has 7 heteroatoms. The fourth-order valence-corrected chi connectivity index (χ4v) is 3.58. The maximum absolute atomic E-state index is 12.4. The molecule has 1 heterocycles. The van der Waals surface area contributed by atoms with Gasteiger partial charge in [-0.3, -0.25) is 0 Å². The second-order valence-electron chi connectivity index (χ2n) is 5.98. The van der Waals surface area contributed by atoms with Crippen LogP contribution in [0.1, 0.15) is 30.0 Å². The fourth-order valence-electron chi connectivity index (χ4n) is 2.38. The van der Waals surface area contributed by atoms with Crippen molar-refractivity contribution in [3.8, 4) is 11.4 Å². The van der Waals surface area contributed by atoms with Gasteiger partial charge in [0.1, 0.15) is 0 Å². The van der Waals surface area contributed by atoms with Gasteiger partial charge in [-0.15, -0.1) is 0 Å². The maximum Gasteiger partial charge on any atom is 0.244 e. The zero-order valence-electron chi connectivity index (χ0n) is 14.2. The van der Waals surface area contributed by atoms with Crippen molar-refractivity contribution in [2.24, 2.45) is 0 Å². The molecule has 6 nitrogen and oxygen atoms in total. The molecule has 3 aromatic rings. The fraction of sp³-hybridized carbons (Fsp3) is 0.222. The van der Waals surface area contributed by atoms with Crippen LogP contribution in [-0.4, -0.2) is 18.6 Å². The summed E-state index contributed by atoms with van der Waals surface area (Å²) < 4.78 is 32.7. The van der Waals surface area contributed by atoms with Gasteiger partial charge < -0.3 is 4.52 Å². The lowest BCUT2D eigenvalue weighted by Crippen LogP contribution is -2.27. The number of nitrogens with zero attached hydrogens (tertiary/aromatic N) is 2. The summed E-state index contributed by atoms with van der Waals surface area (Å²) in [4.78, 5) is 4.51. The Morgan fingerprint density at radius 2 is 1.76 bits per heavy atom. The molecule has 0 aliphatic heterocycles. The Bertz CT molecular complexity index is 979. The quantitative estimate of drug-likeness (QED) is 0.756. The Balaban J connectivity index is 1.80. The highest BCUT2D eigenvalue weighted by Gasteiger charge is 2.22. The molecule has 0 saturated carbocycles. The first-order valence-electron chi connectivity index (χ1n) is 7.85. The lowest BCUT2D eigenvalue weighted by Gasteiger charge is -2.10. The van der Waals surface area contributed by atoms with Gasteiger partial charge >= 0.3 is 0 Å². The van der Waals surface area contributed by atoms with Crippen LogP contribution in [0.2, 0.25) is 0 Å². The SMILES string of the molecule is Cc1ccc(S(=O)(=O)NC(C)c2nc(-c3cccc(C)c3)no2)cc1. The molecular weight excluding hydrogens is 338 g/mol. The number of hydrogen-bond donors (Lipinski definition) is 1. The van der Waals surface area contributed by atoms with Gasteiger partial charge in [0.25, 0.3) is 0 Å². The first-order valence-corrected chi connectivity index (χ1v) is 9.33. The molecular formula is C18H19N3O3S. The van der Waals surface area contributed by atoms with Crippen LogP contribution < -0.4 is 4.72 Å². The summed E-state index contributed by atoms with van der Waals surface area (Å²) in [6.45, 7) is 5.54. The van der Waals surface area contributed by atoms with E-state index in [-0.39, 0.29) is 10.8 Å². The highest BCUT2D eigenvalue weighted by atomic mass is 32.2. The van der Waals surface area contributed by atoms with E-state index in [4.69, 9.17) is 4.52 Å². The van der Waals surface area contributed by atoms with Crippen LogP contribution >= 0.6 is 0 Å². The van der Waals surface area contributed by atoms with Crippen molar-refractivity contribution in [2.45, 2.75) is 31.7 Å². The second-order valence-corrected chi connectivity index (χ2v) is 7.70. The smallest absolute Gasteiger partial charge is 0.244 e. The third-order valence-corrected chi connectivity index (χ3v) is 5.31. The molecule has 3 rings (SSSR count). The minimum atomic E-state index is -3.66. The number of nitrogens with one attached hydrogen (secondary N) is 1. The van der Waals surface area contributed by atoms with E-state index in [0.29, 0.717) is 5.82 Å². The van der Waals surface area contributed by atoms with Crippen LogP contribution in [0.4, 0.5) is 0 Å². The Labute approximate surface area is 147 Å². The molecule has 1 aromatic heterocycles. The number of aromatic nitrogens is 2. The predicted octanol–water partition coefficient (Wildman–Crippen LogP) is 3.39. The second kappa shape index (κ2) is 6.78. The summed E-state index contributed by atoms with van der Waals surface area (Å²) >= 11 is 0. The number of rotatable bonds is 5. The molecule has 0 spiro atoms. The number of aryl methyl sites for hydroxylation is 2. The molecule has 0 aliphatic carbocycles. The Morgan fingerprint density at radius 3 is 2.44 bits per heavy atom. The van der Waals surface area contributed by atoms with Crippen molar-refractivity contribution >= 4 is 10.0 Å². The third-order valence-electron chi connectivity index (χ3n) is 3.75. The predicted molar refractivity (Wildman–Crippen MR) is 94.4 cm³/mol. The van der Waals surface area contributed by atoms with E-state index in [9.17, 15) is 8.42 Å². The number of sulfonamides is 1. The molecule has 0 amide bonds. The average Bonchev–Trinajstić information content (AvgIpc) is 3.05. The van der Waals surface area contributed by atoms with Crippen LogP contribution in [0.25, 0.3) is 11.4 Å². The highest BCUT2D eigenvalue weighted by molar-refractivity contribution is 7.89. The zero-order chi connectivity index (χ0) is 18.0. The van der Waals surface area contributed by atoms with Gasteiger partial charge in [-0.25, -0.2) is 8.42 Å². The van der Waals surface area contributed by atoms with Crippen molar-refractivity contribution in [1.82, 2.24) is 14.9 Å². The first-order chi connectivity index (χ1) is 11.8. The Hall–Kier alpha value is -2.51. The van der Waals surface area contributed by atoms with Crippen molar-refractivity contribution in [3.05, 3.63) is 65.5 Å². The minimum absolute atomic E-state index is 0.198. The largest absolute Gasteiger partial charge is 0.337 e. The van der Waals surface area contributed by atoms with Crippen LogP contribution in [0.3, 0.4) is 0 Å². The maximum atomic E-state index is 12.4. The van der Waals surface area contributed by atoms with E-state index >= 15 is 0 Å². The van der Waals surface area contributed by atoms with E-state index in [2.05, 4.69) is 14.9 Å². The average molecular weight is 357 g/mol. The molecule has 130 valence electrons. The number of hydrogen-bond acceptors (Lipinski definition) is 5. The normalized spacial score (nSPS) is 12.9. The lowest BCUT2D eigenvalue weighted by molar-refractivity contribution is 0.354. The standard InChI is InChI=1S/C18H19N3O3S/c1-12-7-9-16(10-8-12)25(22,23)21-14(3)18-19-17(20-24-18)15-6-4-5-13(2)11-15/h4-11,14,21H,1-3H3. The topological polar surface area (TPSA) is 85.1 Å². The molecule has 0 bridgehead atoms. The van der Waals surface area contributed by atoms with Crippen molar-refractivity contribution in [1.29, 1.82) is 0 Å². The third kappa shape index (κ3) is 3.94.